The van der Waals surface area contributed by atoms with Crippen LogP contribution in [0.3, 0.4) is 0 Å². The number of hydrogen-bond acceptors (Lipinski definition) is 6. The number of nitrogens with zero attached hydrogens (tertiary/aromatic N) is 4. The molecule has 0 amide bonds. The molecule has 6 rings (SSSR count). The van der Waals surface area contributed by atoms with E-state index < -0.39 is 0 Å². The third kappa shape index (κ3) is 6.18. The fraction of sp³-hybridized carbons (Fsp3) is 0.943. The van der Waals surface area contributed by atoms with Gasteiger partial charge in [0.1, 0.15) is 0 Å². The zero-order chi connectivity index (χ0) is 30.0. The van der Waals surface area contributed by atoms with Gasteiger partial charge in [-0.05, 0) is 110 Å². The van der Waals surface area contributed by atoms with Gasteiger partial charge >= 0.3 is 0 Å². The molecule has 0 spiro atoms. The number of allylic oxidation sites excluding steroid dienone is 1. The molecule has 0 bridgehead atoms. The van der Waals surface area contributed by atoms with Gasteiger partial charge in [0.25, 0.3) is 0 Å². The van der Waals surface area contributed by atoms with E-state index in [0.717, 1.165) is 54.0 Å². The van der Waals surface area contributed by atoms with Crippen molar-refractivity contribution in [3.63, 3.8) is 0 Å². The van der Waals surface area contributed by atoms with Crippen LogP contribution in [0.15, 0.2) is 16.8 Å². The van der Waals surface area contributed by atoms with Crippen LogP contribution in [0.25, 0.3) is 10.4 Å². The fourth-order valence-electron chi connectivity index (χ4n) is 11.5. The van der Waals surface area contributed by atoms with E-state index in [1.165, 1.54) is 57.9 Å². The summed E-state index contributed by atoms with van der Waals surface area (Å²) in [6, 6.07) is 1.71. The van der Waals surface area contributed by atoms with Crippen molar-refractivity contribution in [1.82, 2.24) is 4.90 Å². The zero-order valence-corrected chi connectivity index (χ0v) is 27.4. The molecular formula is C35H58N4O4. The molecule has 0 aromatic heterocycles. The molecule has 6 aliphatic rings. The highest BCUT2D eigenvalue weighted by Gasteiger charge is 2.66. The lowest BCUT2D eigenvalue weighted by Crippen LogP contribution is -2.51. The second-order valence-electron chi connectivity index (χ2n) is 15.5. The predicted molar refractivity (Wildman–Crippen MR) is 169 cm³/mol. The van der Waals surface area contributed by atoms with Gasteiger partial charge in [0, 0.05) is 30.1 Å². The van der Waals surface area contributed by atoms with E-state index >= 15 is 0 Å². The highest BCUT2D eigenvalue weighted by molar-refractivity contribution is 5.27. The number of fused-ring (bicyclic) bond motifs is 9. The lowest BCUT2D eigenvalue weighted by atomic mass is 9.47. The monoisotopic (exact) mass is 598 g/mol. The Labute approximate surface area is 260 Å². The van der Waals surface area contributed by atoms with Gasteiger partial charge in [0.2, 0.25) is 0 Å². The number of ether oxygens (including phenoxy) is 4. The van der Waals surface area contributed by atoms with Crippen molar-refractivity contribution in [1.29, 1.82) is 0 Å². The fourth-order valence-corrected chi connectivity index (χ4v) is 11.5. The van der Waals surface area contributed by atoms with Crippen molar-refractivity contribution in [3.8, 4) is 0 Å². The summed E-state index contributed by atoms with van der Waals surface area (Å²) in [6.45, 7) is 16.0. The van der Waals surface area contributed by atoms with E-state index in [1.54, 1.807) is 5.57 Å². The molecule has 2 aliphatic heterocycles. The summed E-state index contributed by atoms with van der Waals surface area (Å²) in [5.74, 6) is 5.31. The SMILES string of the molecule is C[C@H]1CC[C@@H]2[C@@H](C)[C@H]3[C@H](C[C@H]4[C@@H]5CC=C6C[C@@H](OCCOCCOCCOCCN=[N+]=[N-])CC[C@]6(C)[C@H]5CC[C@]34C)N2C1. The largest absolute Gasteiger partial charge is 0.379 e. The number of rotatable bonds is 13. The Kier molecular flexibility index (Phi) is 10.1. The third-order valence-electron chi connectivity index (χ3n) is 13.4. The van der Waals surface area contributed by atoms with Crippen LogP contribution in [0.5, 0.6) is 0 Å². The van der Waals surface area contributed by atoms with Crippen LogP contribution in [-0.2, 0) is 18.9 Å². The molecule has 2 saturated heterocycles. The Balaban J connectivity index is 0.950. The Bertz CT molecular complexity index is 1030. The van der Waals surface area contributed by atoms with Crippen LogP contribution < -0.4 is 0 Å². The standard InChI is InChI=1S/C35H58N4O4/c1-24-5-8-31-25(2)33-32(39(31)23-24)22-30-28-7-6-26-21-27(9-11-34(26,3)29(28)10-12-35(30,33)4)43-20-19-42-18-17-41-16-15-40-14-13-37-38-36/h6,24-25,27-33H,5,7-23H2,1-4H3/t24-,25+,27-,28+,29-,30-,31+,32-,33-,34-,35-/m0/s1. The number of hydrogen-bond donors (Lipinski definition) is 0. The van der Waals surface area contributed by atoms with Crippen LogP contribution in [0.1, 0.15) is 85.5 Å². The van der Waals surface area contributed by atoms with Gasteiger partial charge in [-0.1, -0.05) is 44.5 Å². The van der Waals surface area contributed by atoms with Crippen molar-refractivity contribution in [3.05, 3.63) is 22.1 Å². The lowest BCUT2D eigenvalue weighted by Gasteiger charge is -2.58. The lowest BCUT2D eigenvalue weighted by molar-refractivity contribution is -0.0692. The first-order valence-corrected chi connectivity index (χ1v) is 17.7. The molecule has 8 nitrogen and oxygen atoms in total. The average molecular weight is 599 g/mol. The Morgan fingerprint density at radius 3 is 2.42 bits per heavy atom. The van der Waals surface area contributed by atoms with E-state index in [0.29, 0.717) is 69.7 Å². The highest BCUT2D eigenvalue weighted by atomic mass is 16.6. The summed E-state index contributed by atoms with van der Waals surface area (Å²) < 4.78 is 22.9. The summed E-state index contributed by atoms with van der Waals surface area (Å²) in [7, 11) is 0. The number of piperidine rings is 1. The topological polar surface area (TPSA) is 88.9 Å². The Hall–Kier alpha value is -1.15. The molecular weight excluding hydrogens is 540 g/mol. The van der Waals surface area contributed by atoms with Crippen LogP contribution >= 0.6 is 0 Å². The molecule has 3 saturated carbocycles. The molecule has 4 aliphatic carbocycles. The van der Waals surface area contributed by atoms with Crippen LogP contribution in [0.2, 0.25) is 0 Å². The van der Waals surface area contributed by atoms with Gasteiger partial charge in [0.15, 0.2) is 0 Å². The molecule has 8 heteroatoms. The van der Waals surface area contributed by atoms with E-state index in [9.17, 15) is 0 Å². The van der Waals surface area contributed by atoms with Gasteiger partial charge in [-0.25, -0.2) is 0 Å². The minimum atomic E-state index is 0.330. The quantitative estimate of drug-likeness (QED) is 0.0746. The molecule has 11 atom stereocenters. The molecule has 43 heavy (non-hydrogen) atoms. The molecule has 0 aromatic carbocycles. The molecule has 2 heterocycles. The summed E-state index contributed by atoms with van der Waals surface area (Å²) >= 11 is 0. The van der Waals surface area contributed by atoms with Gasteiger partial charge in [-0.2, -0.15) is 0 Å². The predicted octanol–water partition coefficient (Wildman–Crippen LogP) is 7.04. The maximum absolute atomic E-state index is 8.24. The molecule has 5 fully saturated rings. The second kappa shape index (κ2) is 13.7. The van der Waals surface area contributed by atoms with Gasteiger partial charge < -0.3 is 18.9 Å². The Morgan fingerprint density at radius 2 is 1.65 bits per heavy atom. The minimum Gasteiger partial charge on any atom is -0.379 e. The zero-order valence-electron chi connectivity index (χ0n) is 27.4. The second-order valence-corrected chi connectivity index (χ2v) is 15.5. The first-order chi connectivity index (χ1) is 20.9. The first-order valence-electron chi connectivity index (χ1n) is 17.7. The maximum Gasteiger partial charge on any atom is 0.0704 e. The normalized spacial score (nSPS) is 43.5. The van der Waals surface area contributed by atoms with E-state index in [2.05, 4.69) is 48.7 Å². The van der Waals surface area contributed by atoms with Crippen LogP contribution in [0, 0.1) is 46.3 Å². The van der Waals surface area contributed by atoms with Crippen molar-refractivity contribution in [2.75, 3.05) is 59.3 Å². The van der Waals surface area contributed by atoms with Gasteiger partial charge in [-0.15, -0.1) is 0 Å². The molecule has 0 unspecified atom stereocenters. The summed E-state index contributed by atoms with van der Waals surface area (Å²) in [4.78, 5) is 5.73. The summed E-state index contributed by atoms with van der Waals surface area (Å²) in [5, 5.41) is 3.43. The van der Waals surface area contributed by atoms with Crippen molar-refractivity contribution >= 4 is 0 Å². The van der Waals surface area contributed by atoms with Crippen molar-refractivity contribution in [2.45, 2.75) is 104 Å². The highest BCUT2D eigenvalue weighted by Crippen LogP contribution is 2.69. The average Bonchev–Trinajstić information content (AvgIpc) is 3.46. The van der Waals surface area contributed by atoms with Gasteiger partial charge in [0.05, 0.1) is 52.4 Å². The summed E-state index contributed by atoms with van der Waals surface area (Å²) in [5.41, 5.74) is 10.9. The first kappa shape index (κ1) is 31.8. The Morgan fingerprint density at radius 1 is 0.907 bits per heavy atom. The van der Waals surface area contributed by atoms with Crippen molar-refractivity contribution < 1.29 is 18.9 Å². The molecule has 242 valence electrons. The molecule has 0 N–H and O–H groups in total. The van der Waals surface area contributed by atoms with Crippen LogP contribution in [0.4, 0.5) is 0 Å². The van der Waals surface area contributed by atoms with E-state index in [4.69, 9.17) is 24.5 Å². The van der Waals surface area contributed by atoms with E-state index in [1.807, 2.05) is 0 Å². The van der Waals surface area contributed by atoms with Gasteiger partial charge in [-0.3, -0.25) is 4.90 Å². The third-order valence-corrected chi connectivity index (χ3v) is 13.4. The summed E-state index contributed by atoms with van der Waals surface area (Å²) in [6.07, 6.45) is 15.1. The van der Waals surface area contributed by atoms with Crippen LogP contribution in [-0.4, -0.2) is 82.4 Å². The van der Waals surface area contributed by atoms with E-state index in [-0.39, 0.29) is 0 Å². The minimum absolute atomic E-state index is 0.330. The van der Waals surface area contributed by atoms with Crippen molar-refractivity contribution in [2.24, 2.45) is 51.5 Å². The molecule has 0 aromatic rings. The maximum atomic E-state index is 8.24. The number of azide groups is 1. The smallest absolute Gasteiger partial charge is 0.0704 e. The molecule has 0 radical (unpaired) electrons.